The number of nitrogens with one attached hydrogen (secondary N) is 1. The van der Waals surface area contributed by atoms with Gasteiger partial charge in [-0.2, -0.15) is 0 Å². The molecule has 0 aromatic heterocycles. The smallest absolute Gasteiger partial charge is 0.317 e. The molecule has 0 bridgehead atoms. The van der Waals surface area contributed by atoms with Crippen molar-refractivity contribution in [1.29, 1.82) is 0 Å². The fourth-order valence-corrected chi connectivity index (χ4v) is 1.57. The van der Waals surface area contributed by atoms with Gasteiger partial charge in [-0.15, -0.1) is 0 Å². The van der Waals surface area contributed by atoms with Crippen molar-refractivity contribution in [3.8, 4) is 0 Å². The predicted octanol–water partition coefficient (Wildman–Crippen LogP) is 1.95. The standard InChI is InChI=1S/C13H24N2O3/c1-6-15(8-9(2)3)13(18)14-7-11(10(4)5)12(16)17/h10-11H,2,6-8H2,1,3-5H3,(H,14,18)(H,16,17). The maximum absolute atomic E-state index is 11.8. The third-order valence-electron chi connectivity index (χ3n) is 2.72. The zero-order valence-corrected chi connectivity index (χ0v) is 11.7. The van der Waals surface area contributed by atoms with E-state index in [1.165, 1.54) is 0 Å². The lowest BCUT2D eigenvalue weighted by atomic mass is 9.96. The number of hydrogen-bond acceptors (Lipinski definition) is 2. The SMILES string of the molecule is C=C(C)CN(CC)C(=O)NCC(C(=O)O)C(C)C. The molecule has 0 radical (unpaired) electrons. The van der Waals surface area contributed by atoms with Gasteiger partial charge >= 0.3 is 12.0 Å². The molecule has 0 spiro atoms. The lowest BCUT2D eigenvalue weighted by Gasteiger charge is -2.23. The van der Waals surface area contributed by atoms with E-state index in [2.05, 4.69) is 11.9 Å². The molecule has 2 N–H and O–H groups in total. The Morgan fingerprint density at radius 1 is 1.39 bits per heavy atom. The Bertz CT molecular complexity index is 313. The minimum atomic E-state index is -0.881. The molecule has 5 heteroatoms. The highest BCUT2D eigenvalue weighted by Crippen LogP contribution is 2.10. The highest BCUT2D eigenvalue weighted by Gasteiger charge is 2.22. The first kappa shape index (κ1) is 16.5. The summed E-state index contributed by atoms with van der Waals surface area (Å²) in [6, 6.07) is -0.243. The van der Waals surface area contributed by atoms with Crippen molar-refractivity contribution in [2.45, 2.75) is 27.7 Å². The Labute approximate surface area is 109 Å². The predicted molar refractivity (Wildman–Crippen MR) is 71.4 cm³/mol. The van der Waals surface area contributed by atoms with Crippen molar-refractivity contribution >= 4 is 12.0 Å². The summed E-state index contributed by atoms with van der Waals surface area (Å²) in [6.45, 7) is 12.4. The van der Waals surface area contributed by atoms with Crippen LogP contribution in [0.2, 0.25) is 0 Å². The summed E-state index contributed by atoms with van der Waals surface area (Å²) in [5, 5.41) is 11.7. The van der Waals surface area contributed by atoms with E-state index in [1.807, 2.05) is 27.7 Å². The fraction of sp³-hybridized carbons (Fsp3) is 0.692. The molecule has 0 heterocycles. The number of aliphatic carboxylic acids is 1. The van der Waals surface area contributed by atoms with Crippen LogP contribution in [0.15, 0.2) is 12.2 Å². The molecule has 0 fully saturated rings. The summed E-state index contributed by atoms with van der Waals surface area (Å²) in [4.78, 5) is 24.4. The summed E-state index contributed by atoms with van der Waals surface area (Å²) in [7, 11) is 0. The van der Waals surface area contributed by atoms with Gasteiger partial charge in [0.2, 0.25) is 0 Å². The highest BCUT2D eigenvalue weighted by molar-refractivity contribution is 5.76. The number of amides is 2. The second-order valence-corrected chi connectivity index (χ2v) is 4.85. The van der Waals surface area contributed by atoms with E-state index in [4.69, 9.17) is 5.11 Å². The normalized spacial score (nSPS) is 12.1. The van der Waals surface area contributed by atoms with E-state index in [9.17, 15) is 9.59 Å². The highest BCUT2D eigenvalue weighted by atomic mass is 16.4. The Morgan fingerprint density at radius 2 is 1.94 bits per heavy atom. The number of likely N-dealkylation sites (N-methyl/N-ethyl adjacent to an activating group) is 1. The van der Waals surface area contributed by atoms with Crippen LogP contribution in [0.3, 0.4) is 0 Å². The van der Waals surface area contributed by atoms with Crippen LogP contribution in [-0.4, -0.2) is 41.6 Å². The van der Waals surface area contributed by atoms with E-state index >= 15 is 0 Å². The largest absolute Gasteiger partial charge is 0.481 e. The third-order valence-corrected chi connectivity index (χ3v) is 2.72. The Hall–Kier alpha value is -1.52. The molecule has 1 atom stereocenters. The van der Waals surface area contributed by atoms with Crippen molar-refractivity contribution < 1.29 is 14.7 Å². The molecule has 104 valence electrons. The van der Waals surface area contributed by atoms with Crippen LogP contribution in [0.4, 0.5) is 4.79 Å². The molecule has 0 saturated heterocycles. The molecule has 0 rings (SSSR count). The average Bonchev–Trinajstić information content (AvgIpc) is 2.24. The number of rotatable bonds is 7. The van der Waals surface area contributed by atoms with Gasteiger partial charge in [0.05, 0.1) is 5.92 Å². The van der Waals surface area contributed by atoms with E-state index in [1.54, 1.807) is 4.90 Å². The zero-order chi connectivity index (χ0) is 14.3. The van der Waals surface area contributed by atoms with Crippen molar-refractivity contribution in [1.82, 2.24) is 10.2 Å². The van der Waals surface area contributed by atoms with Gasteiger partial charge in [0.15, 0.2) is 0 Å². The Balaban J connectivity index is 4.37. The number of carboxylic acids is 1. The van der Waals surface area contributed by atoms with Crippen LogP contribution in [0.25, 0.3) is 0 Å². The number of carboxylic acid groups (broad SMARTS) is 1. The number of carbonyl (C=O) groups is 2. The molecule has 0 saturated carbocycles. The number of nitrogens with zero attached hydrogens (tertiary/aromatic N) is 1. The van der Waals surface area contributed by atoms with Gasteiger partial charge in [-0.25, -0.2) is 4.79 Å². The van der Waals surface area contributed by atoms with E-state index in [0.717, 1.165) is 5.57 Å². The quantitative estimate of drug-likeness (QED) is 0.684. The van der Waals surface area contributed by atoms with E-state index < -0.39 is 11.9 Å². The summed E-state index contributed by atoms with van der Waals surface area (Å²) in [5.74, 6) is -1.45. The first-order valence-corrected chi connectivity index (χ1v) is 6.19. The molecule has 0 aliphatic rings. The van der Waals surface area contributed by atoms with Crippen LogP contribution >= 0.6 is 0 Å². The fourth-order valence-electron chi connectivity index (χ4n) is 1.57. The van der Waals surface area contributed by atoms with Crippen molar-refractivity contribution in [2.75, 3.05) is 19.6 Å². The van der Waals surface area contributed by atoms with Crippen LogP contribution < -0.4 is 5.32 Å². The van der Waals surface area contributed by atoms with Crippen molar-refractivity contribution in [3.05, 3.63) is 12.2 Å². The van der Waals surface area contributed by atoms with Gasteiger partial charge in [0.1, 0.15) is 0 Å². The summed E-state index contributed by atoms with van der Waals surface area (Å²) in [6.07, 6.45) is 0. The van der Waals surface area contributed by atoms with Gasteiger partial charge in [-0.1, -0.05) is 26.0 Å². The third kappa shape index (κ3) is 5.70. The van der Waals surface area contributed by atoms with Crippen LogP contribution in [0, 0.1) is 11.8 Å². The molecule has 18 heavy (non-hydrogen) atoms. The summed E-state index contributed by atoms with van der Waals surface area (Å²) in [5.41, 5.74) is 0.894. The monoisotopic (exact) mass is 256 g/mol. The minimum absolute atomic E-state index is 0.0148. The Kier molecular flexibility index (Phi) is 7.08. The van der Waals surface area contributed by atoms with E-state index in [0.29, 0.717) is 13.1 Å². The maximum Gasteiger partial charge on any atom is 0.317 e. The van der Waals surface area contributed by atoms with Gasteiger partial charge in [0, 0.05) is 19.6 Å². The second kappa shape index (κ2) is 7.74. The maximum atomic E-state index is 11.8. The molecule has 2 amide bonds. The minimum Gasteiger partial charge on any atom is -0.481 e. The molecule has 0 aliphatic heterocycles. The summed E-state index contributed by atoms with van der Waals surface area (Å²) < 4.78 is 0. The molecule has 5 nitrogen and oxygen atoms in total. The first-order chi connectivity index (χ1) is 8.29. The van der Waals surface area contributed by atoms with Gasteiger partial charge < -0.3 is 15.3 Å². The van der Waals surface area contributed by atoms with Crippen molar-refractivity contribution in [3.63, 3.8) is 0 Å². The molecular weight excluding hydrogens is 232 g/mol. The van der Waals surface area contributed by atoms with Crippen molar-refractivity contribution in [2.24, 2.45) is 11.8 Å². The van der Waals surface area contributed by atoms with Gasteiger partial charge in [-0.3, -0.25) is 4.79 Å². The van der Waals surface area contributed by atoms with Crippen LogP contribution in [-0.2, 0) is 4.79 Å². The van der Waals surface area contributed by atoms with E-state index in [-0.39, 0.29) is 18.5 Å². The van der Waals surface area contributed by atoms with Crippen LogP contribution in [0.1, 0.15) is 27.7 Å². The number of carbonyl (C=O) groups excluding carboxylic acids is 1. The number of hydrogen-bond donors (Lipinski definition) is 2. The van der Waals surface area contributed by atoms with Gasteiger partial charge in [-0.05, 0) is 19.8 Å². The molecule has 1 unspecified atom stereocenters. The average molecular weight is 256 g/mol. The summed E-state index contributed by atoms with van der Waals surface area (Å²) >= 11 is 0. The Morgan fingerprint density at radius 3 is 2.28 bits per heavy atom. The molecule has 0 aromatic rings. The lowest BCUT2D eigenvalue weighted by molar-refractivity contribution is -0.142. The lowest BCUT2D eigenvalue weighted by Crippen LogP contribution is -2.44. The first-order valence-electron chi connectivity index (χ1n) is 6.19. The topological polar surface area (TPSA) is 69.6 Å². The van der Waals surface area contributed by atoms with Crippen LogP contribution in [0.5, 0.6) is 0 Å². The number of urea groups is 1. The second-order valence-electron chi connectivity index (χ2n) is 4.85. The van der Waals surface area contributed by atoms with Gasteiger partial charge in [0.25, 0.3) is 0 Å². The molecule has 0 aliphatic carbocycles. The molecule has 0 aromatic carbocycles. The molecular formula is C13H24N2O3. The zero-order valence-electron chi connectivity index (χ0n) is 11.7.